The molecule has 1 atom stereocenters. The van der Waals surface area contributed by atoms with Gasteiger partial charge in [0.2, 0.25) is 10.0 Å². The summed E-state index contributed by atoms with van der Waals surface area (Å²) in [6, 6.07) is 1.63. The molecule has 0 aliphatic heterocycles. The maximum atomic E-state index is 11.7. The van der Waals surface area contributed by atoms with Crippen molar-refractivity contribution in [2.45, 2.75) is 11.2 Å². The van der Waals surface area contributed by atoms with Crippen molar-refractivity contribution in [2.75, 3.05) is 0 Å². The Morgan fingerprint density at radius 3 is 2.44 bits per heavy atom. The number of hydrogen-bond acceptors (Lipinski definition) is 4. The summed E-state index contributed by atoms with van der Waals surface area (Å²) < 4.78 is 22.1. The van der Waals surface area contributed by atoms with Gasteiger partial charge in [-0.05, 0) is 12.5 Å². The minimum absolute atomic E-state index is 0.207. The third kappa shape index (κ3) is 1.66. The lowest BCUT2D eigenvalue weighted by atomic mass is 9.99. The molecule has 2 rings (SSSR count). The predicted molar refractivity (Wildman–Crippen MR) is 59.7 cm³/mol. The predicted octanol–water partition coefficient (Wildman–Crippen LogP) is 0.476. The molecule has 0 saturated carbocycles. The van der Waals surface area contributed by atoms with Crippen molar-refractivity contribution in [1.82, 2.24) is 9.97 Å². The van der Waals surface area contributed by atoms with Crippen LogP contribution >= 0.6 is 0 Å². The van der Waals surface area contributed by atoms with Crippen LogP contribution in [0.15, 0.2) is 42.8 Å². The maximum absolute atomic E-state index is 11.7. The highest BCUT2D eigenvalue weighted by atomic mass is 32.2. The van der Waals surface area contributed by atoms with E-state index in [1.54, 1.807) is 24.3 Å². The van der Waals surface area contributed by atoms with Gasteiger partial charge in [-0.2, -0.15) is 0 Å². The summed E-state index contributed by atoms with van der Waals surface area (Å²) in [6.07, 6.45) is 9.93. The summed E-state index contributed by atoms with van der Waals surface area (Å²) in [4.78, 5) is 7.97. The fourth-order valence-electron chi connectivity index (χ4n) is 1.62. The standard InChI is InChI=1S/C10H11N3O2S/c11-16(14,15)10(5-2-1-3-6-10)9-12-7-4-8-13-9/h1-5,7-8H,6H2,(H2,11,14,15). The van der Waals surface area contributed by atoms with Crippen LogP contribution in [0.3, 0.4) is 0 Å². The Balaban J connectivity index is 2.62. The van der Waals surface area contributed by atoms with E-state index in [1.807, 2.05) is 0 Å². The van der Waals surface area contributed by atoms with Crippen molar-refractivity contribution in [3.05, 3.63) is 48.6 Å². The molecule has 0 spiro atoms. The lowest BCUT2D eigenvalue weighted by Gasteiger charge is -2.26. The lowest BCUT2D eigenvalue weighted by Crippen LogP contribution is -2.41. The molecule has 0 amide bonds. The summed E-state index contributed by atoms with van der Waals surface area (Å²) in [5.74, 6) is 0.207. The summed E-state index contributed by atoms with van der Waals surface area (Å²) in [5, 5.41) is 5.28. The van der Waals surface area contributed by atoms with Crippen molar-refractivity contribution >= 4 is 10.0 Å². The van der Waals surface area contributed by atoms with E-state index < -0.39 is 14.8 Å². The van der Waals surface area contributed by atoms with Crippen LogP contribution in [0.2, 0.25) is 0 Å². The zero-order chi connectivity index (χ0) is 11.6. The number of rotatable bonds is 2. The van der Waals surface area contributed by atoms with Crippen molar-refractivity contribution in [2.24, 2.45) is 5.14 Å². The molecule has 16 heavy (non-hydrogen) atoms. The van der Waals surface area contributed by atoms with Gasteiger partial charge in [-0.3, -0.25) is 0 Å². The van der Waals surface area contributed by atoms with Crippen LogP contribution in [0.4, 0.5) is 0 Å². The Morgan fingerprint density at radius 1 is 1.25 bits per heavy atom. The van der Waals surface area contributed by atoms with Gasteiger partial charge in [0, 0.05) is 12.4 Å². The van der Waals surface area contributed by atoms with Crippen LogP contribution in [-0.4, -0.2) is 18.4 Å². The second-order valence-corrected chi connectivity index (χ2v) is 5.32. The van der Waals surface area contributed by atoms with Crippen molar-refractivity contribution in [1.29, 1.82) is 0 Å². The first-order valence-electron chi connectivity index (χ1n) is 4.70. The van der Waals surface area contributed by atoms with Gasteiger partial charge >= 0.3 is 0 Å². The number of allylic oxidation sites excluding steroid dienone is 3. The number of primary sulfonamides is 1. The van der Waals surface area contributed by atoms with E-state index in [2.05, 4.69) is 9.97 Å². The van der Waals surface area contributed by atoms with Gasteiger partial charge in [0.1, 0.15) is 0 Å². The molecule has 1 aliphatic carbocycles. The molecule has 5 nitrogen and oxygen atoms in total. The average Bonchev–Trinajstić information content (AvgIpc) is 2.30. The second kappa shape index (κ2) is 3.80. The molecule has 1 aliphatic rings. The molecule has 1 aromatic rings. The van der Waals surface area contributed by atoms with Crippen LogP contribution in [0.1, 0.15) is 12.2 Å². The molecular weight excluding hydrogens is 226 g/mol. The zero-order valence-corrected chi connectivity index (χ0v) is 9.26. The Morgan fingerprint density at radius 2 is 1.94 bits per heavy atom. The fraction of sp³-hybridized carbons (Fsp3) is 0.200. The molecule has 0 fully saturated rings. The highest BCUT2D eigenvalue weighted by Gasteiger charge is 2.43. The molecule has 1 heterocycles. The van der Waals surface area contributed by atoms with Gasteiger partial charge in [0.25, 0.3) is 0 Å². The van der Waals surface area contributed by atoms with Crippen LogP contribution in [-0.2, 0) is 14.8 Å². The van der Waals surface area contributed by atoms with E-state index in [9.17, 15) is 8.42 Å². The highest BCUT2D eigenvalue weighted by molar-refractivity contribution is 7.90. The molecule has 0 aromatic carbocycles. The Bertz CT molecular complexity index is 536. The summed E-state index contributed by atoms with van der Waals surface area (Å²) in [7, 11) is -3.80. The molecular formula is C10H11N3O2S. The van der Waals surface area contributed by atoms with Crippen LogP contribution < -0.4 is 5.14 Å². The fourth-order valence-corrected chi connectivity index (χ4v) is 2.58. The smallest absolute Gasteiger partial charge is 0.226 e. The van der Waals surface area contributed by atoms with E-state index in [-0.39, 0.29) is 12.2 Å². The minimum atomic E-state index is -3.80. The van der Waals surface area contributed by atoms with Crippen molar-refractivity contribution in [3.63, 3.8) is 0 Å². The van der Waals surface area contributed by atoms with E-state index in [1.165, 1.54) is 18.5 Å². The number of hydrogen-bond donors (Lipinski definition) is 1. The molecule has 0 radical (unpaired) electrons. The summed E-state index contributed by atoms with van der Waals surface area (Å²) >= 11 is 0. The first-order valence-corrected chi connectivity index (χ1v) is 6.25. The first kappa shape index (κ1) is 11.0. The minimum Gasteiger partial charge on any atom is -0.239 e. The first-order chi connectivity index (χ1) is 7.56. The van der Waals surface area contributed by atoms with Crippen LogP contribution in [0.25, 0.3) is 0 Å². The Hall–Kier alpha value is -1.53. The Kier molecular flexibility index (Phi) is 2.61. The monoisotopic (exact) mass is 237 g/mol. The quantitative estimate of drug-likeness (QED) is 0.810. The van der Waals surface area contributed by atoms with Gasteiger partial charge in [0.05, 0.1) is 0 Å². The number of sulfonamides is 1. The largest absolute Gasteiger partial charge is 0.239 e. The molecule has 2 N–H and O–H groups in total. The third-order valence-electron chi connectivity index (χ3n) is 2.49. The SMILES string of the molecule is NS(=O)(=O)C1(c2ncccn2)C=CC=CC1. The molecule has 1 unspecified atom stereocenters. The normalized spacial score (nSPS) is 24.6. The number of nitrogens with two attached hydrogens (primary N) is 1. The zero-order valence-electron chi connectivity index (χ0n) is 8.45. The summed E-state index contributed by atoms with van der Waals surface area (Å²) in [6.45, 7) is 0. The third-order valence-corrected chi connectivity index (χ3v) is 3.99. The van der Waals surface area contributed by atoms with E-state index in [0.717, 1.165) is 0 Å². The van der Waals surface area contributed by atoms with Crippen LogP contribution in [0.5, 0.6) is 0 Å². The lowest BCUT2D eigenvalue weighted by molar-refractivity contribution is 0.549. The molecule has 0 bridgehead atoms. The average molecular weight is 237 g/mol. The molecule has 6 heteroatoms. The highest BCUT2D eigenvalue weighted by Crippen LogP contribution is 2.33. The molecule has 1 aromatic heterocycles. The van der Waals surface area contributed by atoms with Gasteiger partial charge in [0.15, 0.2) is 10.6 Å². The van der Waals surface area contributed by atoms with E-state index >= 15 is 0 Å². The number of aromatic nitrogens is 2. The van der Waals surface area contributed by atoms with Crippen LogP contribution in [0, 0.1) is 0 Å². The maximum Gasteiger partial charge on any atom is 0.226 e. The molecule has 84 valence electrons. The Labute approximate surface area is 93.8 Å². The second-order valence-electron chi connectivity index (χ2n) is 3.50. The topological polar surface area (TPSA) is 85.9 Å². The van der Waals surface area contributed by atoms with E-state index in [4.69, 9.17) is 5.14 Å². The van der Waals surface area contributed by atoms with Gasteiger partial charge in [-0.25, -0.2) is 23.5 Å². The van der Waals surface area contributed by atoms with Gasteiger partial charge < -0.3 is 0 Å². The van der Waals surface area contributed by atoms with E-state index in [0.29, 0.717) is 0 Å². The molecule has 0 saturated heterocycles. The number of nitrogens with zero attached hydrogens (tertiary/aromatic N) is 2. The van der Waals surface area contributed by atoms with Crippen molar-refractivity contribution in [3.8, 4) is 0 Å². The van der Waals surface area contributed by atoms with Crippen molar-refractivity contribution < 1.29 is 8.42 Å². The summed E-state index contributed by atoms with van der Waals surface area (Å²) in [5.41, 5.74) is 0. The van der Waals surface area contributed by atoms with Gasteiger partial charge in [-0.15, -0.1) is 0 Å². The van der Waals surface area contributed by atoms with Gasteiger partial charge in [-0.1, -0.05) is 24.3 Å².